The van der Waals surface area contributed by atoms with Gasteiger partial charge in [-0.05, 0) is 64.2 Å². The third kappa shape index (κ3) is 15.5. The molecule has 0 heterocycles. The van der Waals surface area contributed by atoms with E-state index < -0.39 is 53.5 Å². The zero-order chi connectivity index (χ0) is 32.4. The van der Waals surface area contributed by atoms with Gasteiger partial charge in [0.05, 0.1) is 7.11 Å². The van der Waals surface area contributed by atoms with Crippen LogP contribution in [0.4, 0.5) is 4.79 Å². The first-order valence-electron chi connectivity index (χ1n) is 14.2. The third-order valence-corrected chi connectivity index (χ3v) is 5.85. The molecule has 0 unspecified atom stereocenters. The molecule has 0 bridgehead atoms. The molecule has 1 aromatic carbocycles. The van der Waals surface area contributed by atoms with Crippen LogP contribution in [0.2, 0.25) is 0 Å². The van der Waals surface area contributed by atoms with Gasteiger partial charge in [0.15, 0.2) is 0 Å². The molecule has 0 aromatic heterocycles. The van der Waals surface area contributed by atoms with Gasteiger partial charge in [0.1, 0.15) is 36.1 Å². The van der Waals surface area contributed by atoms with E-state index in [4.69, 9.17) is 14.2 Å². The number of nitrogens with one attached hydrogen (secondary N) is 4. The fraction of sp³-hybridized carbons (Fsp3) is 0.516. The van der Waals surface area contributed by atoms with Crippen molar-refractivity contribution in [2.45, 2.75) is 83.5 Å². The Hall–Kier alpha value is -4.35. The van der Waals surface area contributed by atoms with Crippen LogP contribution < -0.4 is 26.0 Å². The summed E-state index contributed by atoms with van der Waals surface area (Å²) in [6, 6.07) is 4.03. The van der Waals surface area contributed by atoms with Crippen LogP contribution in [0.1, 0.15) is 58.9 Å². The molecule has 12 nitrogen and oxygen atoms in total. The Morgan fingerprint density at radius 2 is 1.51 bits per heavy atom. The summed E-state index contributed by atoms with van der Waals surface area (Å²) in [5.74, 6) is -1.63. The van der Waals surface area contributed by atoms with Crippen LogP contribution in [0.15, 0.2) is 49.6 Å². The maximum atomic E-state index is 13.4. The molecule has 0 spiro atoms. The van der Waals surface area contributed by atoms with Gasteiger partial charge in [0.25, 0.3) is 0 Å². The molecule has 0 fully saturated rings. The lowest BCUT2D eigenvalue weighted by Crippen LogP contribution is -2.56. The SMILES string of the molecule is C=CCOc1ccc(C[C@H](NC(C)=O)C(=O)N[C@H](CCCCNC(=O)OC(C)(C)C)C(=O)N[C@@H](CC=C)C(=O)OC)cc1. The van der Waals surface area contributed by atoms with Gasteiger partial charge in [0.2, 0.25) is 17.7 Å². The molecule has 4 amide bonds. The van der Waals surface area contributed by atoms with E-state index in [2.05, 4.69) is 34.4 Å². The van der Waals surface area contributed by atoms with Crippen molar-refractivity contribution in [1.82, 2.24) is 21.3 Å². The molecule has 0 radical (unpaired) electrons. The second kappa shape index (κ2) is 19.0. The Labute approximate surface area is 254 Å². The average molecular weight is 603 g/mol. The van der Waals surface area contributed by atoms with Gasteiger partial charge in [0, 0.05) is 19.9 Å². The molecule has 4 N–H and O–H groups in total. The number of benzene rings is 1. The first-order valence-corrected chi connectivity index (χ1v) is 14.2. The first-order chi connectivity index (χ1) is 20.3. The van der Waals surface area contributed by atoms with Crippen LogP contribution in [-0.2, 0) is 35.1 Å². The summed E-state index contributed by atoms with van der Waals surface area (Å²) < 4.78 is 15.5. The fourth-order valence-electron chi connectivity index (χ4n) is 3.88. The van der Waals surface area contributed by atoms with Crippen LogP contribution in [0.3, 0.4) is 0 Å². The Morgan fingerprint density at radius 1 is 0.884 bits per heavy atom. The molecule has 1 rings (SSSR count). The summed E-state index contributed by atoms with van der Waals surface area (Å²) in [6.07, 6.45) is 3.94. The zero-order valence-electron chi connectivity index (χ0n) is 25.8. The topological polar surface area (TPSA) is 161 Å². The largest absolute Gasteiger partial charge is 0.490 e. The maximum absolute atomic E-state index is 13.4. The molecule has 0 saturated heterocycles. The van der Waals surface area contributed by atoms with Gasteiger partial charge >= 0.3 is 12.1 Å². The average Bonchev–Trinajstić information content (AvgIpc) is 2.93. The minimum absolute atomic E-state index is 0.125. The lowest BCUT2D eigenvalue weighted by Gasteiger charge is -2.25. The molecule has 0 aliphatic heterocycles. The molecule has 0 aliphatic rings. The summed E-state index contributed by atoms with van der Waals surface area (Å²) in [6.45, 7) is 14.4. The second-order valence-electron chi connectivity index (χ2n) is 10.8. The van der Waals surface area contributed by atoms with Crippen LogP contribution in [0, 0.1) is 0 Å². The summed E-state index contributed by atoms with van der Waals surface area (Å²) in [7, 11) is 1.21. The highest BCUT2D eigenvalue weighted by Gasteiger charge is 2.29. The number of alkyl carbamates (subject to hydrolysis) is 1. The minimum Gasteiger partial charge on any atom is -0.490 e. The summed E-state index contributed by atoms with van der Waals surface area (Å²) in [5.41, 5.74) is 0.121. The van der Waals surface area contributed by atoms with Crippen LogP contribution >= 0.6 is 0 Å². The predicted molar refractivity (Wildman–Crippen MR) is 162 cm³/mol. The number of rotatable bonds is 18. The van der Waals surface area contributed by atoms with E-state index in [0.29, 0.717) is 31.7 Å². The number of ether oxygens (including phenoxy) is 3. The standard InChI is InChI=1S/C31H46N4O8/c1-8-12-25(29(39)41-7)35-27(37)24(13-10-11-18-32-30(40)43-31(4,5)6)34-28(38)26(33-21(3)36)20-22-14-16-23(17-15-22)42-19-9-2/h8-9,14-17,24-26H,1-2,10-13,18-20H2,3-7H3,(H,32,40)(H,33,36)(H,34,38)(H,35,37)/t24-,25+,26+/m1/s1. The molecule has 1 aromatic rings. The number of hydrogen-bond donors (Lipinski definition) is 4. The van der Waals surface area contributed by atoms with Gasteiger partial charge < -0.3 is 35.5 Å². The van der Waals surface area contributed by atoms with Gasteiger partial charge in [-0.2, -0.15) is 0 Å². The van der Waals surface area contributed by atoms with Crippen LogP contribution in [0.5, 0.6) is 5.75 Å². The smallest absolute Gasteiger partial charge is 0.407 e. The molecular formula is C31H46N4O8. The number of hydrogen-bond acceptors (Lipinski definition) is 8. The Kier molecular flexibility index (Phi) is 16.2. The van der Waals surface area contributed by atoms with Crippen LogP contribution in [-0.4, -0.2) is 73.8 Å². The highest BCUT2D eigenvalue weighted by Crippen LogP contribution is 2.14. The van der Waals surface area contributed by atoms with E-state index in [1.165, 1.54) is 20.1 Å². The number of methoxy groups -OCH3 is 1. The number of esters is 1. The number of amides is 4. The highest BCUT2D eigenvalue weighted by molar-refractivity contribution is 5.93. The lowest BCUT2D eigenvalue weighted by molar-refractivity contribution is -0.145. The fourth-order valence-corrected chi connectivity index (χ4v) is 3.88. The molecule has 238 valence electrons. The van der Waals surface area contributed by atoms with Crippen LogP contribution in [0.25, 0.3) is 0 Å². The van der Waals surface area contributed by atoms with Gasteiger partial charge in [-0.25, -0.2) is 9.59 Å². The summed E-state index contributed by atoms with van der Waals surface area (Å²) >= 11 is 0. The number of carbonyl (C=O) groups is 5. The van der Waals surface area contributed by atoms with Crippen molar-refractivity contribution in [3.8, 4) is 5.75 Å². The van der Waals surface area contributed by atoms with Crippen molar-refractivity contribution in [1.29, 1.82) is 0 Å². The Bertz CT molecular complexity index is 1100. The second-order valence-corrected chi connectivity index (χ2v) is 10.8. The number of carbonyl (C=O) groups excluding carboxylic acids is 5. The maximum Gasteiger partial charge on any atom is 0.407 e. The lowest BCUT2D eigenvalue weighted by atomic mass is 10.0. The molecule has 0 saturated carbocycles. The quantitative estimate of drug-likeness (QED) is 0.113. The third-order valence-electron chi connectivity index (χ3n) is 5.85. The molecule has 3 atom stereocenters. The van der Waals surface area contributed by atoms with Gasteiger partial charge in [-0.15, -0.1) is 6.58 Å². The van der Waals surface area contributed by atoms with E-state index in [0.717, 1.165) is 5.56 Å². The van der Waals surface area contributed by atoms with E-state index in [-0.39, 0.29) is 19.3 Å². The number of unbranched alkanes of at least 4 members (excludes halogenated alkanes) is 1. The van der Waals surface area contributed by atoms with E-state index >= 15 is 0 Å². The van der Waals surface area contributed by atoms with E-state index in [1.54, 1.807) is 51.1 Å². The molecule has 43 heavy (non-hydrogen) atoms. The molecule has 0 aliphatic carbocycles. The molecule has 12 heteroatoms. The van der Waals surface area contributed by atoms with Crippen molar-refractivity contribution in [2.75, 3.05) is 20.3 Å². The van der Waals surface area contributed by atoms with Crippen molar-refractivity contribution in [3.63, 3.8) is 0 Å². The highest BCUT2D eigenvalue weighted by atomic mass is 16.6. The predicted octanol–water partition coefficient (Wildman–Crippen LogP) is 2.71. The molecular weight excluding hydrogens is 556 g/mol. The van der Waals surface area contributed by atoms with Crippen molar-refractivity contribution < 1.29 is 38.2 Å². The monoisotopic (exact) mass is 602 g/mol. The van der Waals surface area contributed by atoms with E-state index in [1.807, 2.05) is 0 Å². The summed E-state index contributed by atoms with van der Waals surface area (Å²) in [5, 5.41) is 10.6. The Balaban J connectivity index is 3.01. The zero-order valence-corrected chi connectivity index (χ0v) is 25.8. The summed E-state index contributed by atoms with van der Waals surface area (Å²) in [4.78, 5) is 62.7. The van der Waals surface area contributed by atoms with Crippen molar-refractivity contribution >= 4 is 29.8 Å². The van der Waals surface area contributed by atoms with E-state index in [9.17, 15) is 24.0 Å². The van der Waals surface area contributed by atoms with Gasteiger partial charge in [-0.3, -0.25) is 14.4 Å². The van der Waals surface area contributed by atoms with Crippen molar-refractivity contribution in [2.24, 2.45) is 0 Å². The normalized spacial score (nSPS) is 12.9. The minimum atomic E-state index is -1.04. The van der Waals surface area contributed by atoms with Gasteiger partial charge in [-0.1, -0.05) is 30.9 Å². The Morgan fingerprint density at radius 3 is 2.07 bits per heavy atom. The van der Waals surface area contributed by atoms with Crippen molar-refractivity contribution in [3.05, 3.63) is 55.1 Å². The first kappa shape index (κ1) is 36.7.